The summed E-state index contributed by atoms with van der Waals surface area (Å²) >= 11 is 1.41. The molecule has 152 valence electrons. The lowest BCUT2D eigenvalue weighted by molar-refractivity contribution is -0.134. The van der Waals surface area contributed by atoms with Crippen molar-refractivity contribution in [3.8, 4) is 0 Å². The van der Waals surface area contributed by atoms with E-state index in [0.717, 1.165) is 16.9 Å². The highest BCUT2D eigenvalue weighted by Gasteiger charge is 2.23. The quantitative estimate of drug-likeness (QED) is 0.688. The monoisotopic (exact) mass is 401 g/mol. The first-order valence-electron chi connectivity index (χ1n) is 9.69. The van der Waals surface area contributed by atoms with Crippen LogP contribution in [0.15, 0.2) is 35.7 Å². The molecule has 0 saturated heterocycles. The van der Waals surface area contributed by atoms with Crippen LogP contribution in [0.25, 0.3) is 0 Å². The van der Waals surface area contributed by atoms with Gasteiger partial charge in [0.25, 0.3) is 5.91 Å². The molecule has 1 atom stereocenters. The minimum absolute atomic E-state index is 0.115. The van der Waals surface area contributed by atoms with E-state index in [1.54, 1.807) is 6.07 Å². The Morgan fingerprint density at radius 2 is 1.86 bits per heavy atom. The van der Waals surface area contributed by atoms with Crippen molar-refractivity contribution in [1.29, 1.82) is 0 Å². The van der Waals surface area contributed by atoms with Crippen LogP contribution in [0.2, 0.25) is 0 Å². The van der Waals surface area contributed by atoms with Crippen LogP contribution < -0.4 is 10.2 Å². The van der Waals surface area contributed by atoms with Crippen LogP contribution >= 0.6 is 11.3 Å². The van der Waals surface area contributed by atoms with Gasteiger partial charge in [-0.25, -0.2) is 0 Å². The van der Waals surface area contributed by atoms with E-state index < -0.39 is 0 Å². The molecule has 5 nitrogen and oxygen atoms in total. The average Bonchev–Trinajstić information content (AvgIpc) is 3.19. The van der Waals surface area contributed by atoms with Gasteiger partial charge in [0.1, 0.15) is 0 Å². The van der Waals surface area contributed by atoms with E-state index in [1.165, 1.54) is 11.3 Å². The summed E-state index contributed by atoms with van der Waals surface area (Å²) in [5.41, 5.74) is 2.79. The van der Waals surface area contributed by atoms with Crippen molar-refractivity contribution in [3.05, 3.63) is 46.2 Å². The molecular formula is C22H31N3O2S. The Kier molecular flexibility index (Phi) is 7.63. The zero-order chi connectivity index (χ0) is 20.8. The molecule has 0 aliphatic carbocycles. The SMILES string of the molecule is CCC(=O)N(Cc1cc(NC(=O)c2cccs2)ccc1N(C)C)C(C)C(C)C. The first-order chi connectivity index (χ1) is 13.2. The second kappa shape index (κ2) is 9.73. The van der Waals surface area contributed by atoms with Gasteiger partial charge < -0.3 is 15.1 Å². The summed E-state index contributed by atoms with van der Waals surface area (Å²) in [5.74, 6) is 0.384. The number of anilines is 2. The van der Waals surface area contributed by atoms with E-state index in [2.05, 4.69) is 26.1 Å². The third-order valence-corrected chi connectivity index (χ3v) is 5.85. The summed E-state index contributed by atoms with van der Waals surface area (Å²) in [6.45, 7) is 8.77. The van der Waals surface area contributed by atoms with Crippen LogP contribution in [-0.2, 0) is 11.3 Å². The van der Waals surface area contributed by atoms with Crippen molar-refractivity contribution >= 4 is 34.5 Å². The predicted molar refractivity (Wildman–Crippen MR) is 118 cm³/mol. The molecule has 0 fully saturated rings. The third kappa shape index (κ3) is 5.35. The van der Waals surface area contributed by atoms with E-state index in [9.17, 15) is 9.59 Å². The molecule has 0 aliphatic heterocycles. The Morgan fingerprint density at radius 1 is 1.14 bits per heavy atom. The van der Waals surface area contributed by atoms with Gasteiger partial charge in [-0.2, -0.15) is 0 Å². The topological polar surface area (TPSA) is 52.7 Å². The van der Waals surface area contributed by atoms with Crippen LogP contribution in [0.5, 0.6) is 0 Å². The van der Waals surface area contributed by atoms with Gasteiger partial charge in [0.05, 0.1) is 4.88 Å². The van der Waals surface area contributed by atoms with E-state index in [0.29, 0.717) is 23.8 Å². The normalized spacial score (nSPS) is 12.0. The van der Waals surface area contributed by atoms with Crippen molar-refractivity contribution in [1.82, 2.24) is 4.90 Å². The fourth-order valence-corrected chi connectivity index (χ4v) is 3.65. The summed E-state index contributed by atoms with van der Waals surface area (Å²) in [7, 11) is 3.97. The second-order valence-corrected chi connectivity index (χ2v) is 8.48. The van der Waals surface area contributed by atoms with Crippen LogP contribution in [0.4, 0.5) is 11.4 Å². The van der Waals surface area contributed by atoms with E-state index in [4.69, 9.17) is 0 Å². The van der Waals surface area contributed by atoms with Crippen molar-refractivity contribution in [3.63, 3.8) is 0 Å². The Hall–Kier alpha value is -2.34. The van der Waals surface area contributed by atoms with Crippen molar-refractivity contribution < 1.29 is 9.59 Å². The second-order valence-electron chi connectivity index (χ2n) is 7.53. The zero-order valence-electron chi connectivity index (χ0n) is 17.7. The van der Waals surface area contributed by atoms with E-state index in [-0.39, 0.29) is 17.9 Å². The molecule has 1 aromatic heterocycles. The first-order valence-corrected chi connectivity index (χ1v) is 10.6. The Labute approximate surface area is 172 Å². The molecule has 28 heavy (non-hydrogen) atoms. The number of carbonyl (C=O) groups is 2. The number of thiophene rings is 1. The van der Waals surface area contributed by atoms with Crippen LogP contribution in [0.3, 0.4) is 0 Å². The summed E-state index contributed by atoms with van der Waals surface area (Å²) in [5, 5.41) is 4.85. The third-order valence-electron chi connectivity index (χ3n) is 4.98. The van der Waals surface area contributed by atoms with E-state index >= 15 is 0 Å². The Bertz CT molecular complexity index is 800. The Morgan fingerprint density at radius 3 is 2.39 bits per heavy atom. The molecule has 0 saturated carbocycles. The molecule has 0 radical (unpaired) electrons. The molecule has 1 aromatic carbocycles. The standard InChI is InChI=1S/C22H31N3O2S/c1-7-21(26)25(16(4)15(2)3)14-17-13-18(10-11-19(17)24(5)6)23-22(27)20-9-8-12-28-20/h8-13,15-16H,7,14H2,1-6H3,(H,23,27). The molecule has 0 spiro atoms. The van der Waals surface area contributed by atoms with Crippen LogP contribution in [0.1, 0.15) is 49.4 Å². The summed E-state index contributed by atoms with van der Waals surface area (Å²) in [6, 6.07) is 9.68. The lowest BCUT2D eigenvalue weighted by Crippen LogP contribution is -2.40. The fraction of sp³-hybridized carbons (Fsp3) is 0.455. The van der Waals surface area contributed by atoms with Gasteiger partial charge >= 0.3 is 0 Å². The van der Waals surface area contributed by atoms with Crippen molar-refractivity contribution in [2.75, 3.05) is 24.3 Å². The van der Waals surface area contributed by atoms with Gasteiger partial charge in [-0.1, -0.05) is 26.8 Å². The highest BCUT2D eigenvalue weighted by Crippen LogP contribution is 2.27. The number of amides is 2. The van der Waals surface area contributed by atoms with Crippen molar-refractivity contribution in [2.45, 2.75) is 46.7 Å². The molecule has 0 bridgehead atoms. The molecule has 2 amide bonds. The van der Waals surface area contributed by atoms with Crippen LogP contribution in [-0.4, -0.2) is 36.9 Å². The average molecular weight is 402 g/mol. The summed E-state index contributed by atoms with van der Waals surface area (Å²) in [6.07, 6.45) is 0.475. The van der Waals surface area contributed by atoms with Gasteiger partial charge in [0.2, 0.25) is 5.91 Å². The number of hydrogen-bond acceptors (Lipinski definition) is 4. The summed E-state index contributed by atoms with van der Waals surface area (Å²) < 4.78 is 0. The minimum Gasteiger partial charge on any atom is -0.377 e. The number of benzene rings is 1. The maximum Gasteiger partial charge on any atom is 0.265 e. The number of nitrogens with one attached hydrogen (secondary N) is 1. The number of carbonyl (C=O) groups excluding carboxylic acids is 2. The number of nitrogens with zero attached hydrogens (tertiary/aromatic N) is 2. The maximum atomic E-state index is 12.6. The molecule has 1 unspecified atom stereocenters. The molecule has 1 N–H and O–H groups in total. The molecule has 2 rings (SSSR count). The molecular weight excluding hydrogens is 370 g/mol. The van der Waals surface area contributed by atoms with Gasteiger partial charge in [-0.15, -0.1) is 11.3 Å². The van der Waals surface area contributed by atoms with Crippen molar-refractivity contribution in [2.24, 2.45) is 5.92 Å². The molecule has 1 heterocycles. The largest absolute Gasteiger partial charge is 0.377 e. The predicted octanol–water partition coefficient (Wildman–Crippen LogP) is 4.85. The van der Waals surface area contributed by atoms with Crippen LogP contribution in [0, 0.1) is 5.92 Å². The highest BCUT2D eigenvalue weighted by atomic mass is 32.1. The molecule has 6 heteroatoms. The highest BCUT2D eigenvalue weighted by molar-refractivity contribution is 7.12. The minimum atomic E-state index is -0.115. The lowest BCUT2D eigenvalue weighted by atomic mass is 10.0. The van der Waals surface area contributed by atoms with Gasteiger partial charge in [0, 0.05) is 44.5 Å². The van der Waals surface area contributed by atoms with Gasteiger partial charge in [-0.05, 0) is 48.1 Å². The lowest BCUT2D eigenvalue weighted by Gasteiger charge is -2.33. The van der Waals surface area contributed by atoms with Gasteiger partial charge in [0.15, 0.2) is 0 Å². The fourth-order valence-electron chi connectivity index (χ4n) is 3.03. The smallest absolute Gasteiger partial charge is 0.265 e. The summed E-state index contributed by atoms with van der Waals surface area (Å²) in [4.78, 5) is 29.7. The molecule has 0 aliphatic rings. The first kappa shape index (κ1) is 22.0. The number of rotatable bonds is 8. The number of hydrogen-bond donors (Lipinski definition) is 1. The van der Waals surface area contributed by atoms with E-state index in [1.807, 2.05) is 60.5 Å². The molecule has 2 aromatic rings. The zero-order valence-corrected chi connectivity index (χ0v) is 18.5. The Balaban J connectivity index is 2.33. The van der Waals surface area contributed by atoms with Gasteiger partial charge in [-0.3, -0.25) is 9.59 Å². The maximum absolute atomic E-state index is 12.6.